The molecule has 3 aliphatic heterocycles. The van der Waals surface area contributed by atoms with Crippen LogP contribution < -0.4 is 14.4 Å². The van der Waals surface area contributed by atoms with Crippen molar-refractivity contribution in [2.45, 2.75) is 25.8 Å². The molecule has 6 nitrogen and oxygen atoms in total. The Morgan fingerprint density at radius 1 is 1.06 bits per heavy atom. The molecule has 3 heterocycles. The number of nitrogens with zero attached hydrogens (tertiary/aromatic N) is 3. The van der Waals surface area contributed by atoms with Gasteiger partial charge in [-0.25, -0.2) is 0 Å². The molecule has 2 aromatic carbocycles. The third-order valence-electron chi connectivity index (χ3n) is 7.36. The minimum absolute atomic E-state index is 0.286. The Morgan fingerprint density at radius 2 is 1.84 bits per heavy atom. The van der Waals surface area contributed by atoms with Crippen molar-refractivity contribution < 1.29 is 14.6 Å². The Hall–Kier alpha value is -2.75. The number of ether oxygens (including phenoxy) is 2. The molecule has 2 fully saturated rings. The first-order valence-electron chi connectivity index (χ1n) is 11.7. The van der Waals surface area contributed by atoms with Gasteiger partial charge in [0.25, 0.3) is 0 Å². The zero-order valence-corrected chi connectivity index (χ0v) is 18.7. The topological polar surface area (TPSA) is 69.0 Å². The van der Waals surface area contributed by atoms with Gasteiger partial charge in [-0.15, -0.1) is 0 Å². The molecule has 0 aliphatic carbocycles. The van der Waals surface area contributed by atoms with Crippen molar-refractivity contribution in [3.63, 3.8) is 0 Å². The second-order valence-electron chi connectivity index (χ2n) is 9.26. The first-order chi connectivity index (χ1) is 15.7. The molecule has 3 aliphatic rings. The Morgan fingerprint density at radius 3 is 2.56 bits per heavy atom. The molecule has 1 N–H and O–H groups in total. The molecule has 0 unspecified atom stereocenters. The van der Waals surface area contributed by atoms with Gasteiger partial charge in [0.1, 0.15) is 19.3 Å². The highest BCUT2D eigenvalue weighted by Gasteiger charge is 2.35. The minimum Gasteiger partial charge on any atom is -0.486 e. The maximum atomic E-state index is 10.1. The number of aliphatic hydroxyl groups is 1. The first kappa shape index (κ1) is 21.1. The summed E-state index contributed by atoms with van der Waals surface area (Å²) in [6.45, 7) is 7.62. The fourth-order valence-corrected chi connectivity index (χ4v) is 5.46. The summed E-state index contributed by atoms with van der Waals surface area (Å²) in [5.41, 5.74) is 3.64. The van der Waals surface area contributed by atoms with Crippen LogP contribution in [0.15, 0.2) is 36.4 Å². The second kappa shape index (κ2) is 9.01. The van der Waals surface area contributed by atoms with Crippen LogP contribution in [0.25, 0.3) is 11.1 Å². The average Bonchev–Trinajstić information content (AvgIpc) is 3.24. The molecule has 32 heavy (non-hydrogen) atoms. The molecule has 0 saturated carbocycles. The van der Waals surface area contributed by atoms with Crippen LogP contribution in [0.3, 0.4) is 0 Å². The third kappa shape index (κ3) is 3.92. The molecule has 5 rings (SSSR count). The maximum Gasteiger partial charge on any atom is 0.161 e. The van der Waals surface area contributed by atoms with E-state index in [2.05, 4.69) is 28.9 Å². The lowest BCUT2D eigenvalue weighted by Gasteiger charge is -2.38. The number of nitriles is 1. The van der Waals surface area contributed by atoms with E-state index >= 15 is 0 Å². The summed E-state index contributed by atoms with van der Waals surface area (Å²) in [6, 6.07) is 15.1. The summed E-state index contributed by atoms with van der Waals surface area (Å²) in [5.74, 6) is 2.47. The fourth-order valence-electron chi connectivity index (χ4n) is 5.46. The van der Waals surface area contributed by atoms with E-state index < -0.39 is 0 Å². The molecule has 0 aromatic heterocycles. The van der Waals surface area contributed by atoms with Crippen LogP contribution in [-0.2, 0) is 0 Å². The molecule has 2 aromatic rings. The molecular formula is C26H31N3O3. The van der Waals surface area contributed by atoms with E-state index in [1.807, 2.05) is 30.3 Å². The number of benzene rings is 2. The van der Waals surface area contributed by atoms with Gasteiger partial charge < -0.3 is 19.5 Å². The summed E-state index contributed by atoms with van der Waals surface area (Å²) in [7, 11) is 0. The number of rotatable bonds is 4. The SMILES string of the molecule is C[C@H]1CN(C2CCN(c3cccc(-c4ccc5c(c4)OCCO5)c3C#N)CC2)C[C@@H]1CO. The van der Waals surface area contributed by atoms with Gasteiger partial charge >= 0.3 is 0 Å². The van der Waals surface area contributed by atoms with Crippen molar-refractivity contribution >= 4 is 5.69 Å². The van der Waals surface area contributed by atoms with Crippen LogP contribution in [0.5, 0.6) is 11.5 Å². The van der Waals surface area contributed by atoms with Crippen LogP contribution in [0.4, 0.5) is 5.69 Å². The summed E-state index contributed by atoms with van der Waals surface area (Å²) in [5, 5.41) is 19.7. The van der Waals surface area contributed by atoms with Gasteiger partial charge in [0, 0.05) is 44.4 Å². The molecule has 0 radical (unpaired) electrons. The van der Waals surface area contributed by atoms with Crippen molar-refractivity contribution in [2.24, 2.45) is 11.8 Å². The number of anilines is 1. The smallest absolute Gasteiger partial charge is 0.161 e. The summed E-state index contributed by atoms with van der Waals surface area (Å²) in [6.07, 6.45) is 2.17. The first-order valence-corrected chi connectivity index (χ1v) is 11.7. The van der Waals surface area contributed by atoms with Gasteiger partial charge in [0.2, 0.25) is 0 Å². The van der Waals surface area contributed by atoms with Gasteiger partial charge in [0.15, 0.2) is 11.5 Å². The van der Waals surface area contributed by atoms with Crippen molar-refractivity contribution in [2.75, 3.05) is 50.9 Å². The largest absolute Gasteiger partial charge is 0.486 e. The maximum absolute atomic E-state index is 10.1. The van der Waals surface area contributed by atoms with E-state index in [4.69, 9.17) is 9.47 Å². The number of aliphatic hydroxyl groups excluding tert-OH is 1. The zero-order valence-electron chi connectivity index (χ0n) is 18.7. The number of fused-ring (bicyclic) bond motifs is 1. The number of hydrogen-bond donors (Lipinski definition) is 1. The summed E-state index contributed by atoms with van der Waals surface area (Å²) >= 11 is 0. The monoisotopic (exact) mass is 433 g/mol. The molecule has 6 heteroatoms. The van der Waals surface area contributed by atoms with Gasteiger partial charge in [-0.3, -0.25) is 4.90 Å². The summed E-state index contributed by atoms with van der Waals surface area (Å²) in [4.78, 5) is 4.93. The Kier molecular flexibility index (Phi) is 5.95. The van der Waals surface area contributed by atoms with Crippen molar-refractivity contribution in [3.05, 3.63) is 42.0 Å². The van der Waals surface area contributed by atoms with Crippen molar-refractivity contribution in [1.82, 2.24) is 4.90 Å². The highest BCUT2D eigenvalue weighted by Crippen LogP contribution is 2.38. The average molecular weight is 434 g/mol. The number of hydrogen-bond acceptors (Lipinski definition) is 6. The molecule has 168 valence electrons. The lowest BCUT2D eigenvalue weighted by Crippen LogP contribution is -2.44. The molecular weight excluding hydrogens is 402 g/mol. The number of likely N-dealkylation sites (tertiary alicyclic amines) is 1. The normalized spacial score (nSPS) is 23.8. The molecule has 0 spiro atoms. The van der Waals surface area contributed by atoms with Crippen molar-refractivity contribution in [1.29, 1.82) is 5.26 Å². The van der Waals surface area contributed by atoms with Crippen LogP contribution in [0.1, 0.15) is 25.3 Å². The van der Waals surface area contributed by atoms with Crippen molar-refractivity contribution in [3.8, 4) is 28.7 Å². The van der Waals surface area contributed by atoms with Gasteiger partial charge in [-0.1, -0.05) is 25.1 Å². The Labute approximate surface area is 190 Å². The lowest BCUT2D eigenvalue weighted by molar-refractivity contribution is 0.171. The molecule has 2 saturated heterocycles. The van der Waals surface area contributed by atoms with E-state index in [1.165, 1.54) is 0 Å². The van der Waals surface area contributed by atoms with Gasteiger partial charge in [-0.05, 0) is 48.4 Å². The third-order valence-corrected chi connectivity index (χ3v) is 7.36. The van der Waals surface area contributed by atoms with E-state index in [-0.39, 0.29) is 6.61 Å². The van der Waals surface area contributed by atoms with E-state index in [9.17, 15) is 10.4 Å². The van der Waals surface area contributed by atoms with Gasteiger partial charge in [-0.2, -0.15) is 5.26 Å². The van der Waals surface area contributed by atoms with E-state index in [1.54, 1.807) is 0 Å². The predicted molar refractivity (Wildman–Crippen MR) is 124 cm³/mol. The molecule has 0 amide bonds. The number of piperidine rings is 1. The highest BCUT2D eigenvalue weighted by molar-refractivity contribution is 5.79. The quantitative estimate of drug-likeness (QED) is 0.796. The fraction of sp³-hybridized carbons (Fsp3) is 0.500. The Balaban J connectivity index is 1.34. The summed E-state index contributed by atoms with van der Waals surface area (Å²) < 4.78 is 11.4. The van der Waals surface area contributed by atoms with Crippen LogP contribution in [-0.4, -0.2) is 62.0 Å². The second-order valence-corrected chi connectivity index (χ2v) is 9.26. The van der Waals surface area contributed by atoms with Gasteiger partial charge in [0.05, 0.1) is 11.3 Å². The highest BCUT2D eigenvalue weighted by atomic mass is 16.6. The lowest BCUT2D eigenvalue weighted by atomic mass is 9.96. The molecule has 0 bridgehead atoms. The minimum atomic E-state index is 0.286. The zero-order chi connectivity index (χ0) is 22.1. The van der Waals surface area contributed by atoms with Crippen LogP contribution in [0, 0.1) is 23.2 Å². The van der Waals surface area contributed by atoms with Crippen LogP contribution >= 0.6 is 0 Å². The van der Waals surface area contributed by atoms with Crippen LogP contribution in [0.2, 0.25) is 0 Å². The Bertz CT molecular complexity index is 1010. The standard InChI is InChI=1S/C26H31N3O3/c1-18-15-29(16-20(18)17-30)21-7-9-28(10-8-21)24-4-2-3-22(23(24)14-27)19-5-6-25-26(13-19)32-12-11-31-25/h2-6,13,18,20-21,30H,7-12,15-17H2,1H3/t18-,20+/m0/s1. The molecule has 2 atom stereocenters. The predicted octanol–water partition coefficient (Wildman–Crippen LogP) is 3.53. The van der Waals surface area contributed by atoms with E-state index in [0.717, 1.165) is 72.9 Å². The van der Waals surface area contributed by atoms with E-state index in [0.29, 0.717) is 31.1 Å².